The molecule has 0 aliphatic rings. The number of hydrogen-bond donors (Lipinski definition) is 7. The largest absolute Gasteiger partial charge is 0.508 e. The summed E-state index contributed by atoms with van der Waals surface area (Å²) < 4.78 is 0. The van der Waals surface area contributed by atoms with Gasteiger partial charge in [0.1, 0.15) is 23.9 Å². The summed E-state index contributed by atoms with van der Waals surface area (Å²) in [5.74, 6) is -5.15. The second-order valence-electron chi connectivity index (χ2n) is 8.28. The van der Waals surface area contributed by atoms with Crippen LogP contribution in [0.15, 0.2) is 24.3 Å². The third kappa shape index (κ3) is 9.45. The Balaban J connectivity index is 3.03. The molecule has 0 fully saturated rings. The van der Waals surface area contributed by atoms with E-state index in [9.17, 15) is 34.2 Å². The van der Waals surface area contributed by atoms with Gasteiger partial charge in [0.25, 0.3) is 0 Å². The van der Waals surface area contributed by atoms with Crippen molar-refractivity contribution in [3.8, 4) is 5.75 Å². The van der Waals surface area contributed by atoms with Crippen molar-refractivity contribution >= 4 is 29.7 Å². The summed E-state index contributed by atoms with van der Waals surface area (Å²) in [4.78, 5) is 60.1. The van der Waals surface area contributed by atoms with Crippen molar-refractivity contribution in [1.29, 1.82) is 0 Å². The Hall–Kier alpha value is -3.67. The van der Waals surface area contributed by atoms with E-state index in [4.69, 9.17) is 10.8 Å². The molecule has 3 amide bonds. The van der Waals surface area contributed by atoms with Crippen molar-refractivity contribution in [1.82, 2.24) is 16.0 Å². The van der Waals surface area contributed by atoms with Gasteiger partial charge in [0.05, 0.1) is 6.04 Å². The molecule has 1 aromatic rings. The van der Waals surface area contributed by atoms with Gasteiger partial charge in [0, 0.05) is 12.8 Å². The number of aliphatic carboxylic acids is 2. The predicted octanol–water partition coefficient (Wildman–Crippen LogP) is -0.658. The molecule has 0 saturated carbocycles. The lowest BCUT2D eigenvalue weighted by Crippen LogP contribution is -2.58. The highest BCUT2D eigenvalue weighted by molar-refractivity contribution is 5.94. The van der Waals surface area contributed by atoms with Crippen molar-refractivity contribution in [2.45, 2.75) is 64.2 Å². The van der Waals surface area contributed by atoms with Crippen LogP contribution < -0.4 is 21.7 Å². The number of phenolic OH excluding ortho intramolecular Hbond substituents is 1. The van der Waals surface area contributed by atoms with E-state index >= 15 is 0 Å². The van der Waals surface area contributed by atoms with Gasteiger partial charge in [0.15, 0.2) is 0 Å². The third-order valence-corrected chi connectivity index (χ3v) is 4.93. The first-order valence-electron chi connectivity index (χ1n) is 10.7. The predicted molar refractivity (Wildman–Crippen MR) is 121 cm³/mol. The van der Waals surface area contributed by atoms with Gasteiger partial charge in [-0.1, -0.05) is 26.0 Å². The van der Waals surface area contributed by atoms with Crippen LogP contribution in [0.1, 0.15) is 39.2 Å². The maximum Gasteiger partial charge on any atom is 0.326 e. The molecule has 188 valence electrons. The molecule has 4 atom stereocenters. The average molecular weight is 481 g/mol. The number of benzene rings is 1. The van der Waals surface area contributed by atoms with Gasteiger partial charge in [-0.2, -0.15) is 0 Å². The van der Waals surface area contributed by atoms with Crippen molar-refractivity contribution in [3.63, 3.8) is 0 Å². The van der Waals surface area contributed by atoms with E-state index in [0.29, 0.717) is 5.56 Å². The van der Waals surface area contributed by atoms with Crippen LogP contribution in [0.25, 0.3) is 0 Å². The monoisotopic (exact) mass is 480 g/mol. The number of carbonyl (C=O) groups excluding carboxylic acids is 3. The van der Waals surface area contributed by atoms with E-state index in [-0.39, 0.29) is 18.6 Å². The molecule has 0 radical (unpaired) electrons. The molecule has 0 aliphatic carbocycles. The molecule has 4 unspecified atom stereocenters. The minimum absolute atomic E-state index is 0.0248. The summed E-state index contributed by atoms with van der Waals surface area (Å²) in [6.07, 6.45) is -0.760. The average Bonchev–Trinajstić information content (AvgIpc) is 2.74. The number of nitrogens with one attached hydrogen (secondary N) is 3. The molecule has 0 aliphatic heterocycles. The summed E-state index contributed by atoms with van der Waals surface area (Å²) in [6, 6.07) is 1.36. The fraction of sp³-hybridized carbons (Fsp3) is 0.500. The number of carboxylic acid groups (broad SMARTS) is 2. The molecule has 0 aromatic heterocycles. The Morgan fingerprint density at radius 2 is 1.41 bits per heavy atom. The fourth-order valence-corrected chi connectivity index (χ4v) is 2.96. The SMILES string of the molecule is CC(N)C(=O)NC(Cc1ccc(O)cc1)C(=O)NC(C(=O)NC(CCC(=O)O)C(=O)O)C(C)C. The molecule has 0 spiro atoms. The number of hydrogen-bond acceptors (Lipinski definition) is 7. The van der Waals surface area contributed by atoms with Gasteiger partial charge < -0.3 is 37.0 Å². The zero-order valence-electron chi connectivity index (χ0n) is 19.3. The molecule has 0 heterocycles. The van der Waals surface area contributed by atoms with Crippen LogP contribution in [0.4, 0.5) is 0 Å². The molecule has 0 bridgehead atoms. The lowest BCUT2D eigenvalue weighted by molar-refractivity contribution is -0.143. The van der Waals surface area contributed by atoms with Gasteiger partial charge >= 0.3 is 11.9 Å². The quantitative estimate of drug-likeness (QED) is 0.191. The maximum atomic E-state index is 13.0. The number of amides is 3. The van der Waals surface area contributed by atoms with Crippen molar-refractivity contribution < 1.29 is 39.3 Å². The van der Waals surface area contributed by atoms with Crippen molar-refractivity contribution in [3.05, 3.63) is 29.8 Å². The molecule has 1 aromatic carbocycles. The number of phenols is 1. The molecule has 12 heteroatoms. The van der Waals surface area contributed by atoms with Gasteiger partial charge in [0.2, 0.25) is 17.7 Å². The lowest BCUT2D eigenvalue weighted by Gasteiger charge is -2.27. The highest BCUT2D eigenvalue weighted by Crippen LogP contribution is 2.12. The Kier molecular flexibility index (Phi) is 11.0. The van der Waals surface area contributed by atoms with Crippen LogP contribution in [0, 0.1) is 5.92 Å². The first-order chi connectivity index (χ1) is 15.8. The lowest BCUT2D eigenvalue weighted by atomic mass is 10.00. The molecule has 8 N–H and O–H groups in total. The van der Waals surface area contributed by atoms with Gasteiger partial charge in [-0.15, -0.1) is 0 Å². The zero-order valence-corrected chi connectivity index (χ0v) is 19.3. The summed E-state index contributed by atoms with van der Waals surface area (Å²) in [5, 5.41) is 34.8. The molecule has 0 saturated heterocycles. The fourth-order valence-electron chi connectivity index (χ4n) is 2.96. The Bertz CT molecular complexity index is 885. The van der Waals surface area contributed by atoms with Crippen LogP contribution in [0.2, 0.25) is 0 Å². The van der Waals surface area contributed by atoms with Crippen LogP contribution in [-0.4, -0.2) is 69.1 Å². The Morgan fingerprint density at radius 3 is 1.88 bits per heavy atom. The Labute approximate surface area is 196 Å². The number of carboxylic acids is 2. The minimum Gasteiger partial charge on any atom is -0.508 e. The summed E-state index contributed by atoms with van der Waals surface area (Å²) >= 11 is 0. The highest BCUT2D eigenvalue weighted by Gasteiger charge is 2.31. The second-order valence-corrected chi connectivity index (χ2v) is 8.28. The Morgan fingerprint density at radius 1 is 0.853 bits per heavy atom. The number of carbonyl (C=O) groups is 5. The highest BCUT2D eigenvalue weighted by atomic mass is 16.4. The van der Waals surface area contributed by atoms with E-state index in [1.165, 1.54) is 19.1 Å². The first kappa shape index (κ1) is 28.4. The second kappa shape index (κ2) is 13.1. The standard InChI is InChI=1S/C22H32N4O8/c1-11(2)18(21(32)24-15(22(33)34)8-9-17(28)29)26-20(31)16(25-19(30)12(3)23)10-13-4-6-14(27)7-5-13/h4-7,11-12,15-16,18,27H,8-10,23H2,1-3H3,(H,24,32)(H,25,30)(H,26,31)(H,28,29)(H,33,34). The smallest absolute Gasteiger partial charge is 0.326 e. The topological polar surface area (TPSA) is 208 Å². The van der Waals surface area contributed by atoms with Crippen LogP contribution in [0.3, 0.4) is 0 Å². The zero-order chi connectivity index (χ0) is 26.0. The van der Waals surface area contributed by atoms with Gasteiger partial charge in [-0.3, -0.25) is 19.2 Å². The van der Waals surface area contributed by atoms with E-state index in [2.05, 4.69) is 16.0 Å². The van der Waals surface area contributed by atoms with Crippen molar-refractivity contribution in [2.75, 3.05) is 0 Å². The third-order valence-electron chi connectivity index (χ3n) is 4.93. The number of nitrogens with two attached hydrogens (primary N) is 1. The van der Waals surface area contributed by atoms with E-state index < -0.39 is 66.2 Å². The molecular weight excluding hydrogens is 448 g/mol. The van der Waals surface area contributed by atoms with E-state index in [1.54, 1.807) is 26.0 Å². The summed E-state index contributed by atoms with van der Waals surface area (Å²) in [6.45, 7) is 4.71. The van der Waals surface area contributed by atoms with E-state index in [1.807, 2.05) is 0 Å². The summed E-state index contributed by atoms with van der Waals surface area (Å²) in [5.41, 5.74) is 6.21. The van der Waals surface area contributed by atoms with Gasteiger partial charge in [-0.05, 0) is 37.0 Å². The molecule has 12 nitrogen and oxygen atoms in total. The molecular formula is C22H32N4O8. The van der Waals surface area contributed by atoms with Crippen LogP contribution in [0.5, 0.6) is 5.75 Å². The van der Waals surface area contributed by atoms with Crippen molar-refractivity contribution in [2.24, 2.45) is 11.7 Å². The normalized spacial score (nSPS) is 14.4. The number of aromatic hydroxyl groups is 1. The number of rotatable bonds is 13. The minimum atomic E-state index is -1.45. The maximum absolute atomic E-state index is 13.0. The first-order valence-corrected chi connectivity index (χ1v) is 10.7. The van der Waals surface area contributed by atoms with Crippen LogP contribution in [-0.2, 0) is 30.4 Å². The van der Waals surface area contributed by atoms with Gasteiger partial charge in [-0.25, -0.2) is 4.79 Å². The molecule has 1 rings (SSSR count). The van der Waals surface area contributed by atoms with Crippen LogP contribution >= 0.6 is 0 Å². The summed E-state index contributed by atoms with van der Waals surface area (Å²) in [7, 11) is 0. The molecule has 34 heavy (non-hydrogen) atoms. The van der Waals surface area contributed by atoms with E-state index in [0.717, 1.165) is 0 Å².